The zero-order valence-electron chi connectivity index (χ0n) is 23.9. The van der Waals surface area contributed by atoms with Crippen LogP contribution in [-0.4, -0.2) is 66.7 Å². The van der Waals surface area contributed by atoms with Gasteiger partial charge in [0.15, 0.2) is 15.2 Å². The predicted octanol–water partition coefficient (Wildman–Crippen LogP) is 5.28. The monoisotopic (exact) mass is 674 g/mol. The highest BCUT2D eigenvalue weighted by atomic mass is 35.5. The number of aromatic carboxylic acids is 1. The number of ether oxygens (including phenoxy) is 1. The molecule has 44 heavy (non-hydrogen) atoms. The second-order valence-electron chi connectivity index (χ2n) is 10.7. The SMILES string of the molecule is CCC(C)(C)c1ccc(CNC(=O)[C@H]2CN(c3nc(Cl)c(C(=O)O)s3)CCN2S(=O)(=O)c2ccc(OC(F)(F)F)cc2)cc1. The molecule has 1 saturated heterocycles. The van der Waals surface area contributed by atoms with Gasteiger partial charge in [0.05, 0.1) is 4.90 Å². The molecule has 2 N–H and O–H groups in total. The number of sulfonamides is 1. The van der Waals surface area contributed by atoms with Gasteiger partial charge in [-0.05, 0) is 47.2 Å². The van der Waals surface area contributed by atoms with Crippen molar-refractivity contribution in [3.63, 3.8) is 0 Å². The molecule has 1 atom stereocenters. The van der Waals surface area contributed by atoms with Crippen LogP contribution in [-0.2, 0) is 26.8 Å². The van der Waals surface area contributed by atoms with E-state index in [1.807, 2.05) is 24.3 Å². The smallest absolute Gasteiger partial charge is 0.477 e. The highest BCUT2D eigenvalue weighted by molar-refractivity contribution is 7.89. The molecule has 0 spiro atoms. The minimum absolute atomic E-state index is 0.0293. The van der Waals surface area contributed by atoms with Gasteiger partial charge in [-0.3, -0.25) is 4.79 Å². The molecule has 2 heterocycles. The summed E-state index contributed by atoms with van der Waals surface area (Å²) in [4.78, 5) is 30.2. The molecular weight excluding hydrogens is 645 g/mol. The number of nitrogens with one attached hydrogen (secondary N) is 1. The van der Waals surface area contributed by atoms with Crippen molar-refractivity contribution in [3.05, 3.63) is 69.7 Å². The normalized spacial score (nSPS) is 16.5. The van der Waals surface area contributed by atoms with Crippen LogP contribution in [0.1, 0.15) is 48.0 Å². The van der Waals surface area contributed by atoms with E-state index in [0.29, 0.717) is 0 Å². The van der Waals surface area contributed by atoms with Crippen molar-refractivity contribution in [2.45, 2.75) is 56.5 Å². The molecule has 238 valence electrons. The van der Waals surface area contributed by atoms with Gasteiger partial charge in [-0.1, -0.05) is 68.0 Å². The molecule has 16 heteroatoms. The summed E-state index contributed by atoms with van der Waals surface area (Å²) in [5.41, 5.74) is 1.89. The number of piperazine rings is 1. The van der Waals surface area contributed by atoms with E-state index in [0.717, 1.165) is 57.5 Å². The highest BCUT2D eigenvalue weighted by Crippen LogP contribution is 2.33. The lowest BCUT2D eigenvalue weighted by Crippen LogP contribution is -2.60. The van der Waals surface area contributed by atoms with Crippen LogP contribution in [0.15, 0.2) is 53.4 Å². The Kier molecular flexibility index (Phi) is 9.83. The van der Waals surface area contributed by atoms with Crippen LogP contribution in [0.2, 0.25) is 5.15 Å². The predicted molar refractivity (Wildman–Crippen MR) is 159 cm³/mol. The number of amides is 1. The molecule has 4 rings (SSSR count). The zero-order valence-corrected chi connectivity index (χ0v) is 26.3. The molecule has 2 aromatic carbocycles. The summed E-state index contributed by atoms with van der Waals surface area (Å²) in [6.07, 6.45) is -4.02. The number of carboxylic acid groups (broad SMARTS) is 1. The summed E-state index contributed by atoms with van der Waals surface area (Å²) in [6, 6.07) is 10.1. The van der Waals surface area contributed by atoms with Crippen molar-refractivity contribution in [2.24, 2.45) is 0 Å². The fourth-order valence-electron chi connectivity index (χ4n) is 4.53. The van der Waals surface area contributed by atoms with Crippen molar-refractivity contribution < 1.29 is 41.0 Å². The van der Waals surface area contributed by atoms with E-state index in [9.17, 15) is 36.3 Å². The maximum atomic E-state index is 13.7. The number of carboxylic acids is 1. The van der Waals surface area contributed by atoms with Gasteiger partial charge in [-0.2, -0.15) is 4.31 Å². The Morgan fingerprint density at radius 1 is 1.11 bits per heavy atom. The average molecular weight is 675 g/mol. The van der Waals surface area contributed by atoms with Gasteiger partial charge in [0, 0.05) is 26.2 Å². The van der Waals surface area contributed by atoms with Gasteiger partial charge in [0.1, 0.15) is 11.8 Å². The summed E-state index contributed by atoms with van der Waals surface area (Å²) >= 11 is 6.78. The number of benzene rings is 2. The van der Waals surface area contributed by atoms with E-state index < -0.39 is 40.1 Å². The molecule has 1 aromatic heterocycles. The van der Waals surface area contributed by atoms with Gasteiger partial charge < -0.3 is 20.1 Å². The fraction of sp³-hybridized carbons (Fsp3) is 0.393. The molecule has 1 fully saturated rings. The second-order valence-corrected chi connectivity index (χ2v) is 13.9. The third-order valence-corrected chi connectivity index (χ3v) is 10.8. The Morgan fingerprint density at radius 2 is 1.75 bits per heavy atom. The number of carbonyl (C=O) groups is 2. The third kappa shape index (κ3) is 7.62. The zero-order chi connectivity index (χ0) is 32.4. The lowest BCUT2D eigenvalue weighted by atomic mass is 9.82. The molecular formula is C28H30ClF3N4O6S2. The van der Waals surface area contributed by atoms with Gasteiger partial charge in [0.2, 0.25) is 15.9 Å². The van der Waals surface area contributed by atoms with Crippen LogP contribution in [0.5, 0.6) is 5.75 Å². The Hall–Kier alpha value is -3.40. The van der Waals surface area contributed by atoms with Crippen LogP contribution < -0.4 is 15.0 Å². The molecule has 0 unspecified atom stereocenters. The minimum Gasteiger partial charge on any atom is -0.477 e. The molecule has 1 aliphatic heterocycles. The van der Waals surface area contributed by atoms with Crippen LogP contribution in [0.4, 0.5) is 18.3 Å². The number of thiazole rings is 1. The first-order valence-electron chi connectivity index (χ1n) is 13.4. The van der Waals surface area contributed by atoms with Crippen LogP contribution in [0, 0.1) is 0 Å². The summed E-state index contributed by atoms with van der Waals surface area (Å²) in [5, 5.41) is 12.1. The molecule has 0 radical (unpaired) electrons. The van der Waals surface area contributed by atoms with Crippen molar-refractivity contribution in [1.29, 1.82) is 0 Å². The van der Waals surface area contributed by atoms with E-state index in [-0.39, 0.29) is 51.7 Å². The molecule has 0 bridgehead atoms. The maximum Gasteiger partial charge on any atom is 0.573 e. The summed E-state index contributed by atoms with van der Waals surface area (Å²) < 4.78 is 69.9. The van der Waals surface area contributed by atoms with Gasteiger partial charge >= 0.3 is 12.3 Å². The number of hydrogen-bond acceptors (Lipinski definition) is 8. The number of carbonyl (C=O) groups excluding carboxylic acids is 1. The number of aromatic nitrogens is 1. The summed E-state index contributed by atoms with van der Waals surface area (Å²) in [5.74, 6) is -2.51. The first-order chi connectivity index (χ1) is 20.5. The maximum absolute atomic E-state index is 13.7. The summed E-state index contributed by atoms with van der Waals surface area (Å²) in [6.45, 7) is 6.09. The van der Waals surface area contributed by atoms with Crippen molar-refractivity contribution in [2.75, 3.05) is 24.5 Å². The highest BCUT2D eigenvalue weighted by Gasteiger charge is 2.41. The lowest BCUT2D eigenvalue weighted by Gasteiger charge is -2.39. The van der Waals surface area contributed by atoms with Crippen LogP contribution >= 0.6 is 22.9 Å². The average Bonchev–Trinajstić information content (AvgIpc) is 3.37. The molecule has 1 aliphatic rings. The van der Waals surface area contributed by atoms with E-state index in [2.05, 4.69) is 35.8 Å². The van der Waals surface area contributed by atoms with E-state index in [4.69, 9.17) is 11.6 Å². The molecule has 3 aromatic rings. The van der Waals surface area contributed by atoms with E-state index in [1.54, 1.807) is 4.90 Å². The van der Waals surface area contributed by atoms with Gasteiger partial charge in [-0.25, -0.2) is 18.2 Å². The molecule has 10 nitrogen and oxygen atoms in total. The number of hydrogen-bond donors (Lipinski definition) is 2. The summed E-state index contributed by atoms with van der Waals surface area (Å²) in [7, 11) is -4.37. The lowest BCUT2D eigenvalue weighted by molar-refractivity contribution is -0.274. The van der Waals surface area contributed by atoms with Gasteiger partial charge in [-0.15, -0.1) is 13.2 Å². The quantitative estimate of drug-likeness (QED) is 0.298. The number of rotatable bonds is 10. The largest absolute Gasteiger partial charge is 0.573 e. The van der Waals surface area contributed by atoms with Crippen LogP contribution in [0.25, 0.3) is 0 Å². The Balaban J connectivity index is 1.59. The van der Waals surface area contributed by atoms with Crippen molar-refractivity contribution in [1.82, 2.24) is 14.6 Å². The minimum atomic E-state index is -4.95. The molecule has 1 amide bonds. The number of nitrogens with zero attached hydrogens (tertiary/aromatic N) is 3. The fourth-order valence-corrected chi connectivity index (χ4v) is 7.26. The third-order valence-electron chi connectivity index (χ3n) is 7.42. The van der Waals surface area contributed by atoms with Crippen molar-refractivity contribution in [3.8, 4) is 5.75 Å². The molecule has 0 saturated carbocycles. The number of halogens is 4. The first kappa shape index (κ1) is 33.5. The van der Waals surface area contributed by atoms with Crippen molar-refractivity contribution >= 4 is 50.0 Å². The Labute approximate surface area is 261 Å². The topological polar surface area (TPSA) is 129 Å². The van der Waals surface area contributed by atoms with E-state index >= 15 is 0 Å². The molecule has 0 aliphatic carbocycles. The Bertz CT molecular complexity index is 1610. The first-order valence-corrected chi connectivity index (χ1v) is 16.0. The standard InChI is InChI=1S/C28H30ClF3N4O6S2/c1-4-27(2,3)18-7-5-17(6-8-18)15-33-24(37)21-16-35(26-34-23(29)22(43-26)25(38)39)13-14-36(21)44(40,41)20-11-9-19(10-12-20)42-28(30,31)32/h5-12,21H,4,13-16H2,1-3H3,(H,33,37)(H,38,39)/t21-/m1/s1. The number of anilines is 1. The second kappa shape index (κ2) is 12.9. The van der Waals surface area contributed by atoms with E-state index in [1.165, 1.54) is 0 Å². The Morgan fingerprint density at radius 3 is 2.30 bits per heavy atom. The van der Waals surface area contributed by atoms with Crippen LogP contribution in [0.3, 0.4) is 0 Å². The van der Waals surface area contributed by atoms with Gasteiger partial charge in [0.25, 0.3) is 0 Å². The number of alkyl halides is 3.